The van der Waals surface area contributed by atoms with E-state index in [4.69, 9.17) is 86.8 Å². The number of ether oxygens (including phenoxy) is 2. The van der Waals surface area contributed by atoms with Crippen LogP contribution >= 0.6 is 15.9 Å². The van der Waals surface area contributed by atoms with Gasteiger partial charge >= 0.3 is 0 Å². The second-order valence-electron chi connectivity index (χ2n) is 9.68. The SMILES string of the molecule is [B]B([B])B([B])B(B([B])[B])B1C=C1COc1cc(CBr)cc(OCC2=CB2B(B([B])[B])B([B])B([B])[B])c1. The Hall–Kier alpha value is 0.0787. The third-order valence-electron chi connectivity index (χ3n) is 6.83. The molecule has 0 fully saturated rings. The molecule has 0 saturated carbocycles. The summed E-state index contributed by atoms with van der Waals surface area (Å²) < 4.78 is 12.1. The van der Waals surface area contributed by atoms with Crippen molar-refractivity contribution in [2.75, 3.05) is 13.2 Å². The maximum Gasteiger partial charge on any atom is 0.148 e. The molecule has 142 valence electrons. The number of hydrogen-bond donors (Lipinski definition) is 0. The molecule has 1 aromatic rings. The summed E-state index contributed by atoms with van der Waals surface area (Å²) in [6, 6.07) is 5.72. The topological polar surface area (TPSA) is 18.5 Å². The molecule has 1 aromatic carbocycles. The Bertz CT molecular complexity index is 887. The first-order chi connectivity index (χ1) is 16.9. The number of hydrogen-bond acceptors (Lipinski definition) is 2. The third kappa shape index (κ3) is 8.05. The van der Waals surface area contributed by atoms with Crippen LogP contribution < -0.4 is 9.47 Å². The second kappa shape index (κ2) is 13.4. The summed E-state index contributed by atoms with van der Waals surface area (Å²) in [5.41, 5.74) is 3.10. The van der Waals surface area contributed by atoms with Crippen molar-refractivity contribution in [1.29, 1.82) is 0 Å². The van der Waals surface area contributed by atoms with Crippen LogP contribution in [0.25, 0.3) is 0 Å². The first-order valence-corrected chi connectivity index (χ1v) is 13.0. The molecule has 0 saturated heterocycles. The average molecular weight is 495 g/mol. The summed E-state index contributed by atoms with van der Waals surface area (Å²) in [5.74, 6) is 5.39. The van der Waals surface area contributed by atoms with Crippen LogP contribution in [0.1, 0.15) is 5.56 Å². The van der Waals surface area contributed by atoms with Gasteiger partial charge in [-0.25, -0.2) is 0 Å². The van der Waals surface area contributed by atoms with E-state index in [2.05, 4.69) is 15.9 Å². The summed E-state index contributed by atoms with van der Waals surface area (Å²) in [4.78, 5) is 0. The Morgan fingerprint density at radius 1 is 0.611 bits per heavy atom. The highest BCUT2D eigenvalue weighted by Gasteiger charge is 2.44. The molecule has 36 heavy (non-hydrogen) atoms. The minimum atomic E-state index is -0.712. The average Bonchev–Trinajstić information content (AvgIpc) is 3.73. The molecule has 23 heteroatoms. The number of halogens is 1. The summed E-state index contributed by atoms with van der Waals surface area (Å²) in [6.07, 6.45) is -4.28. The monoisotopic (exact) mass is 498 g/mol. The van der Waals surface area contributed by atoms with Crippen LogP contribution in [-0.4, -0.2) is 155 Å². The standard InChI is InChI=1S/C13H11B20BrO2/c14-26(15)30(22)32(28(18)19)24-4-10(24)7-35-12-1-9(6-34)2-13(3-12)36-8-11-5-25(11)33(29(20)21)31(23)27(16)17/h1-5H,6-8H2. The first kappa shape index (κ1) is 30.6. The van der Waals surface area contributed by atoms with Crippen LogP contribution in [0, 0.1) is 0 Å². The lowest BCUT2D eigenvalue weighted by Gasteiger charge is -2.26. The maximum atomic E-state index is 6.12. The predicted octanol–water partition coefficient (Wildman–Crippen LogP) is -4.40. The van der Waals surface area contributed by atoms with Crippen LogP contribution in [0.15, 0.2) is 41.1 Å². The summed E-state index contributed by atoms with van der Waals surface area (Å²) in [6.45, 7) is 0.759. The Labute approximate surface area is 242 Å². The quantitative estimate of drug-likeness (QED) is 0.181. The number of alkyl halides is 1. The van der Waals surface area contributed by atoms with Gasteiger partial charge in [0, 0.05) is 140 Å². The van der Waals surface area contributed by atoms with Crippen LogP contribution in [0.2, 0.25) is 0 Å². The zero-order valence-corrected chi connectivity index (χ0v) is 21.8. The first-order valence-electron chi connectivity index (χ1n) is 11.9. The molecule has 0 unspecified atom stereocenters. The van der Waals surface area contributed by atoms with Gasteiger partial charge in [0.05, 0.1) is 0 Å². The van der Waals surface area contributed by atoms with Gasteiger partial charge in [0.25, 0.3) is 0 Å². The summed E-state index contributed by atoms with van der Waals surface area (Å²) >= 11 is 3.49. The normalized spacial score (nSPS) is 13.1. The molecule has 0 aliphatic carbocycles. The van der Waals surface area contributed by atoms with E-state index in [9.17, 15) is 0 Å². The van der Waals surface area contributed by atoms with E-state index in [1.807, 2.05) is 30.1 Å². The second-order valence-corrected chi connectivity index (χ2v) is 10.2. The third-order valence-corrected chi connectivity index (χ3v) is 7.47. The zero-order chi connectivity index (χ0) is 26.7. The smallest absolute Gasteiger partial charge is 0.148 e. The molecule has 20 radical (unpaired) electrons. The van der Waals surface area contributed by atoms with Crippen LogP contribution in [0.5, 0.6) is 11.5 Å². The molecule has 2 heterocycles. The lowest BCUT2D eigenvalue weighted by molar-refractivity contribution is 0.342. The fraction of sp³-hybridized carbons (Fsp3) is 0.231. The molecule has 0 amide bonds. The Kier molecular flexibility index (Phi) is 11.4. The minimum absolute atomic E-state index is 0.0123. The zero-order valence-electron chi connectivity index (χ0n) is 20.2. The van der Waals surface area contributed by atoms with Crippen LogP contribution in [-0.2, 0) is 5.33 Å². The maximum absolute atomic E-state index is 6.12. The van der Waals surface area contributed by atoms with E-state index in [-0.39, 0.29) is 26.0 Å². The van der Waals surface area contributed by atoms with Crippen LogP contribution in [0.4, 0.5) is 0 Å². The van der Waals surface area contributed by atoms with Crippen molar-refractivity contribution in [3.8, 4) is 11.5 Å². The van der Waals surface area contributed by atoms with E-state index in [1.54, 1.807) is 0 Å². The summed E-state index contributed by atoms with van der Waals surface area (Å²) in [5, 5.41) is 0.637. The number of benzene rings is 1. The minimum Gasteiger partial charge on any atom is -0.490 e. The van der Waals surface area contributed by atoms with E-state index in [0.717, 1.165) is 16.5 Å². The molecular weight excluding hydrogens is 484 g/mol. The molecule has 2 nitrogen and oxygen atoms in total. The predicted molar refractivity (Wildman–Crippen MR) is 181 cm³/mol. The Morgan fingerprint density at radius 2 is 1.00 bits per heavy atom. The van der Waals surface area contributed by atoms with Crippen LogP contribution in [0.3, 0.4) is 0 Å². The van der Waals surface area contributed by atoms with Crippen molar-refractivity contribution in [1.82, 2.24) is 0 Å². The van der Waals surface area contributed by atoms with Gasteiger partial charge in [-0.2, -0.15) is 0 Å². The van der Waals surface area contributed by atoms with Crippen molar-refractivity contribution in [2.45, 2.75) is 5.33 Å². The van der Waals surface area contributed by atoms with E-state index < -0.39 is 38.3 Å². The Morgan fingerprint density at radius 3 is 1.31 bits per heavy atom. The van der Waals surface area contributed by atoms with Crippen molar-refractivity contribution in [3.63, 3.8) is 0 Å². The summed E-state index contributed by atoms with van der Waals surface area (Å²) in [7, 11) is 59.0. The highest BCUT2D eigenvalue weighted by Crippen LogP contribution is 2.29. The Balaban J connectivity index is 1.56. The van der Waals surface area contributed by atoms with Gasteiger partial charge in [0.15, 0.2) is 0 Å². The highest BCUT2D eigenvalue weighted by atomic mass is 79.9. The largest absolute Gasteiger partial charge is 0.490 e. The van der Waals surface area contributed by atoms with E-state index in [1.165, 1.54) is 0 Å². The molecule has 0 N–H and O–H groups in total. The van der Waals surface area contributed by atoms with Gasteiger partial charge < -0.3 is 9.47 Å². The molecule has 3 rings (SSSR count). The molecular formula is C13H11B20BrO2. The number of rotatable bonds is 15. The molecule has 2 aliphatic rings. The van der Waals surface area contributed by atoms with Crippen molar-refractivity contribution in [2.24, 2.45) is 0 Å². The van der Waals surface area contributed by atoms with Gasteiger partial charge in [-0.1, -0.05) is 26.9 Å². The van der Waals surface area contributed by atoms with Gasteiger partial charge in [0.1, 0.15) is 37.9 Å². The van der Waals surface area contributed by atoms with Gasteiger partial charge in [0.2, 0.25) is 0 Å². The van der Waals surface area contributed by atoms with Gasteiger partial charge in [-0.05, 0) is 17.7 Å². The highest BCUT2D eigenvalue weighted by molar-refractivity contribution is 9.08. The molecule has 0 aromatic heterocycles. The van der Waals surface area contributed by atoms with E-state index >= 15 is 0 Å². The molecule has 0 atom stereocenters. The van der Waals surface area contributed by atoms with Crippen molar-refractivity contribution in [3.05, 3.63) is 46.7 Å². The van der Waals surface area contributed by atoms with Gasteiger partial charge in [-0.3, -0.25) is 0 Å². The van der Waals surface area contributed by atoms with Crippen molar-refractivity contribution >= 4 is 158 Å². The molecule has 0 spiro atoms. The lowest BCUT2D eigenvalue weighted by atomic mass is 8.57. The molecule has 2 aliphatic heterocycles. The lowest BCUT2D eigenvalue weighted by Crippen LogP contribution is -2.64. The van der Waals surface area contributed by atoms with Crippen molar-refractivity contribution < 1.29 is 9.47 Å². The fourth-order valence-electron chi connectivity index (χ4n) is 4.56. The van der Waals surface area contributed by atoms with Gasteiger partial charge in [-0.15, -0.1) is 12.0 Å². The van der Waals surface area contributed by atoms with E-state index in [0.29, 0.717) is 30.0 Å². The molecule has 0 bridgehead atoms. The fourth-order valence-corrected chi connectivity index (χ4v) is 4.89.